The lowest BCUT2D eigenvalue weighted by atomic mass is 9.89. The van der Waals surface area contributed by atoms with E-state index in [9.17, 15) is 10.1 Å². The van der Waals surface area contributed by atoms with Gasteiger partial charge in [0.05, 0.1) is 6.07 Å². The van der Waals surface area contributed by atoms with Crippen molar-refractivity contribution in [1.82, 2.24) is 0 Å². The summed E-state index contributed by atoms with van der Waals surface area (Å²) in [6.45, 7) is 3.88. The molecule has 20 heavy (non-hydrogen) atoms. The number of ketones is 1. The SMILES string of the molecule is Cc1cccc(C(=O)C(C#N)c2ccc(Br)cc2)c1C. The van der Waals surface area contributed by atoms with Crippen molar-refractivity contribution in [2.24, 2.45) is 0 Å². The Kier molecular flexibility index (Phi) is 4.36. The fourth-order valence-electron chi connectivity index (χ4n) is 2.11. The standard InChI is InChI=1S/C17H14BrNO/c1-11-4-3-5-15(12(11)2)17(20)16(10-19)13-6-8-14(18)9-7-13/h3-9,16H,1-2H3. The molecule has 2 rings (SSSR count). The van der Waals surface area contributed by atoms with E-state index in [-0.39, 0.29) is 5.78 Å². The number of rotatable bonds is 3. The van der Waals surface area contributed by atoms with Crippen LogP contribution in [-0.4, -0.2) is 5.78 Å². The van der Waals surface area contributed by atoms with Gasteiger partial charge in [0.1, 0.15) is 5.92 Å². The predicted molar refractivity (Wildman–Crippen MR) is 82.7 cm³/mol. The maximum Gasteiger partial charge on any atom is 0.184 e. The van der Waals surface area contributed by atoms with Gasteiger partial charge in [-0.1, -0.05) is 46.3 Å². The molecule has 3 heteroatoms. The molecule has 0 bridgehead atoms. The van der Waals surface area contributed by atoms with Gasteiger partial charge in [-0.3, -0.25) is 4.79 Å². The summed E-state index contributed by atoms with van der Waals surface area (Å²) in [4.78, 5) is 12.6. The van der Waals surface area contributed by atoms with Crippen molar-refractivity contribution in [3.63, 3.8) is 0 Å². The minimum Gasteiger partial charge on any atom is -0.292 e. The van der Waals surface area contributed by atoms with Gasteiger partial charge in [0, 0.05) is 10.0 Å². The number of carbonyl (C=O) groups excluding carboxylic acids is 1. The zero-order chi connectivity index (χ0) is 14.7. The molecular formula is C17H14BrNO. The van der Waals surface area contributed by atoms with Gasteiger partial charge in [0.15, 0.2) is 5.78 Å². The van der Waals surface area contributed by atoms with E-state index in [0.29, 0.717) is 5.56 Å². The third-order valence-electron chi connectivity index (χ3n) is 3.46. The Hall–Kier alpha value is -1.92. The zero-order valence-electron chi connectivity index (χ0n) is 11.4. The molecule has 2 nitrogen and oxygen atoms in total. The van der Waals surface area contributed by atoms with E-state index in [4.69, 9.17) is 0 Å². The fourth-order valence-corrected chi connectivity index (χ4v) is 2.38. The third kappa shape index (κ3) is 2.81. The number of nitrogens with zero attached hydrogens (tertiary/aromatic N) is 1. The molecule has 2 aromatic rings. The number of aryl methyl sites for hydroxylation is 1. The molecule has 1 atom stereocenters. The Bertz CT molecular complexity index is 683. The maximum absolute atomic E-state index is 12.6. The molecule has 0 saturated heterocycles. The highest BCUT2D eigenvalue weighted by Crippen LogP contribution is 2.24. The molecular weight excluding hydrogens is 314 g/mol. The highest BCUT2D eigenvalue weighted by molar-refractivity contribution is 9.10. The lowest BCUT2D eigenvalue weighted by molar-refractivity contribution is 0.0978. The van der Waals surface area contributed by atoms with Gasteiger partial charge in [-0.05, 0) is 42.7 Å². The minimum absolute atomic E-state index is 0.143. The van der Waals surface area contributed by atoms with Crippen LogP contribution in [0.3, 0.4) is 0 Å². The average molecular weight is 328 g/mol. The molecule has 100 valence electrons. The summed E-state index contributed by atoms with van der Waals surface area (Å²) in [5.74, 6) is -0.903. The number of carbonyl (C=O) groups is 1. The minimum atomic E-state index is -0.761. The smallest absolute Gasteiger partial charge is 0.184 e. The first kappa shape index (κ1) is 14.5. The first-order valence-electron chi connectivity index (χ1n) is 6.30. The van der Waals surface area contributed by atoms with Crippen molar-refractivity contribution in [3.8, 4) is 6.07 Å². The van der Waals surface area contributed by atoms with E-state index in [2.05, 4.69) is 22.0 Å². The van der Waals surface area contributed by atoms with E-state index >= 15 is 0 Å². The van der Waals surface area contributed by atoms with Crippen LogP contribution in [0.5, 0.6) is 0 Å². The van der Waals surface area contributed by atoms with Gasteiger partial charge >= 0.3 is 0 Å². The van der Waals surface area contributed by atoms with Crippen molar-refractivity contribution in [2.75, 3.05) is 0 Å². The summed E-state index contributed by atoms with van der Waals surface area (Å²) < 4.78 is 0.928. The molecule has 2 aromatic carbocycles. The average Bonchev–Trinajstić information content (AvgIpc) is 2.44. The normalized spacial score (nSPS) is 11.7. The number of halogens is 1. The molecule has 0 N–H and O–H groups in total. The molecule has 0 heterocycles. The highest BCUT2D eigenvalue weighted by Gasteiger charge is 2.23. The van der Waals surface area contributed by atoms with Gasteiger partial charge in [0.2, 0.25) is 0 Å². The van der Waals surface area contributed by atoms with Crippen LogP contribution < -0.4 is 0 Å². The number of benzene rings is 2. The topological polar surface area (TPSA) is 40.9 Å². The molecule has 0 aromatic heterocycles. The molecule has 0 spiro atoms. The van der Waals surface area contributed by atoms with Crippen LogP contribution in [0.4, 0.5) is 0 Å². The lowest BCUT2D eigenvalue weighted by Crippen LogP contribution is -2.13. The summed E-state index contributed by atoms with van der Waals surface area (Å²) in [5.41, 5.74) is 3.35. The molecule has 0 fully saturated rings. The zero-order valence-corrected chi connectivity index (χ0v) is 12.9. The first-order chi connectivity index (χ1) is 9.54. The second kappa shape index (κ2) is 6.02. The molecule has 0 saturated carbocycles. The first-order valence-corrected chi connectivity index (χ1v) is 7.09. The van der Waals surface area contributed by atoms with E-state index in [1.807, 2.05) is 38.1 Å². The van der Waals surface area contributed by atoms with E-state index in [0.717, 1.165) is 21.2 Å². The third-order valence-corrected chi connectivity index (χ3v) is 3.99. The Morgan fingerprint density at radius 2 is 1.80 bits per heavy atom. The summed E-state index contributed by atoms with van der Waals surface area (Å²) >= 11 is 3.35. The van der Waals surface area contributed by atoms with Crippen molar-refractivity contribution in [2.45, 2.75) is 19.8 Å². The Morgan fingerprint density at radius 3 is 2.40 bits per heavy atom. The van der Waals surface area contributed by atoms with Crippen LogP contribution in [0.1, 0.15) is 33.0 Å². The van der Waals surface area contributed by atoms with Crippen molar-refractivity contribution >= 4 is 21.7 Å². The van der Waals surface area contributed by atoms with Gasteiger partial charge in [-0.25, -0.2) is 0 Å². The van der Waals surface area contributed by atoms with Gasteiger partial charge in [-0.15, -0.1) is 0 Å². The fraction of sp³-hybridized carbons (Fsp3) is 0.176. The monoisotopic (exact) mass is 327 g/mol. The number of hydrogen-bond acceptors (Lipinski definition) is 2. The number of Topliss-reactive ketones (excluding diaryl/α,β-unsaturated/α-hetero) is 1. The van der Waals surface area contributed by atoms with Crippen LogP contribution in [0.2, 0.25) is 0 Å². The maximum atomic E-state index is 12.6. The Morgan fingerprint density at radius 1 is 1.15 bits per heavy atom. The highest BCUT2D eigenvalue weighted by atomic mass is 79.9. The quantitative estimate of drug-likeness (QED) is 0.775. The molecule has 0 aliphatic rings. The van der Waals surface area contributed by atoms with Crippen molar-refractivity contribution < 1.29 is 4.79 Å². The summed E-state index contributed by atoms with van der Waals surface area (Å²) in [5, 5.41) is 9.36. The van der Waals surface area contributed by atoms with E-state index < -0.39 is 5.92 Å². The van der Waals surface area contributed by atoms with Gasteiger partial charge in [-0.2, -0.15) is 5.26 Å². The van der Waals surface area contributed by atoms with Crippen LogP contribution in [-0.2, 0) is 0 Å². The largest absolute Gasteiger partial charge is 0.292 e. The van der Waals surface area contributed by atoms with Gasteiger partial charge in [0.25, 0.3) is 0 Å². The van der Waals surface area contributed by atoms with Gasteiger partial charge < -0.3 is 0 Å². The molecule has 0 aliphatic carbocycles. The Labute approximate surface area is 127 Å². The number of hydrogen-bond donors (Lipinski definition) is 0. The summed E-state index contributed by atoms with van der Waals surface area (Å²) in [7, 11) is 0. The molecule has 0 amide bonds. The summed E-state index contributed by atoms with van der Waals surface area (Å²) in [6.07, 6.45) is 0. The second-order valence-electron chi connectivity index (χ2n) is 4.73. The molecule has 0 radical (unpaired) electrons. The van der Waals surface area contributed by atoms with Crippen LogP contribution in [0, 0.1) is 25.2 Å². The lowest BCUT2D eigenvalue weighted by Gasteiger charge is -2.12. The van der Waals surface area contributed by atoms with Crippen LogP contribution in [0.15, 0.2) is 46.9 Å². The number of nitriles is 1. The Balaban J connectivity index is 2.42. The predicted octanol–water partition coefficient (Wildman–Crippen LogP) is 4.56. The van der Waals surface area contributed by atoms with Crippen molar-refractivity contribution in [1.29, 1.82) is 5.26 Å². The van der Waals surface area contributed by atoms with Crippen LogP contribution in [0.25, 0.3) is 0 Å². The van der Waals surface area contributed by atoms with E-state index in [1.165, 1.54) is 0 Å². The van der Waals surface area contributed by atoms with Crippen molar-refractivity contribution in [3.05, 3.63) is 69.2 Å². The molecule has 0 aliphatic heterocycles. The molecule has 1 unspecified atom stereocenters. The second-order valence-corrected chi connectivity index (χ2v) is 5.64. The summed E-state index contributed by atoms with van der Waals surface area (Å²) in [6, 6.07) is 15.0. The van der Waals surface area contributed by atoms with Crippen LogP contribution >= 0.6 is 15.9 Å². The van der Waals surface area contributed by atoms with E-state index in [1.54, 1.807) is 18.2 Å².